The lowest BCUT2D eigenvalue weighted by atomic mass is 9.91. The second-order valence-electron chi connectivity index (χ2n) is 5.54. The fraction of sp³-hybridized carbons (Fsp3) is 0.917. The van der Waals surface area contributed by atoms with Gasteiger partial charge < -0.3 is 15.0 Å². The number of carbonyl (C=O) groups excluding carboxylic acids is 1. The monoisotopic (exact) mass is 224 g/mol. The van der Waals surface area contributed by atoms with Gasteiger partial charge in [0.15, 0.2) is 0 Å². The molecule has 4 nitrogen and oxygen atoms in total. The van der Waals surface area contributed by atoms with Gasteiger partial charge in [0.25, 0.3) is 5.91 Å². The Kier molecular flexibility index (Phi) is 2.27. The lowest BCUT2D eigenvalue weighted by Crippen LogP contribution is -2.59. The van der Waals surface area contributed by atoms with Gasteiger partial charge in [0.1, 0.15) is 5.60 Å². The van der Waals surface area contributed by atoms with Gasteiger partial charge in [-0.05, 0) is 45.2 Å². The Labute approximate surface area is 96.3 Å². The number of nitrogens with one attached hydrogen (secondary N) is 1. The smallest absolute Gasteiger partial charge is 0.254 e. The predicted octanol–water partition coefficient (Wildman–Crippen LogP) is 0.520. The van der Waals surface area contributed by atoms with Gasteiger partial charge in [-0.2, -0.15) is 0 Å². The molecule has 3 fully saturated rings. The van der Waals surface area contributed by atoms with Gasteiger partial charge in [-0.25, -0.2) is 0 Å². The third kappa shape index (κ3) is 1.55. The van der Waals surface area contributed by atoms with Crippen molar-refractivity contribution in [2.45, 2.75) is 43.3 Å². The zero-order chi connectivity index (χ0) is 11.2. The van der Waals surface area contributed by atoms with Crippen LogP contribution in [0.3, 0.4) is 0 Å². The van der Waals surface area contributed by atoms with E-state index in [1.165, 1.54) is 0 Å². The minimum Gasteiger partial charge on any atom is -0.357 e. The molecular weight excluding hydrogens is 204 g/mol. The van der Waals surface area contributed by atoms with Crippen molar-refractivity contribution in [1.82, 2.24) is 10.2 Å². The van der Waals surface area contributed by atoms with Gasteiger partial charge in [-0.1, -0.05) is 0 Å². The number of morpholine rings is 1. The van der Waals surface area contributed by atoms with Crippen molar-refractivity contribution >= 4 is 5.91 Å². The zero-order valence-electron chi connectivity index (χ0n) is 9.92. The molecule has 1 atom stereocenters. The molecular formula is C12H20N2O2. The van der Waals surface area contributed by atoms with Crippen LogP contribution in [-0.2, 0) is 9.53 Å². The van der Waals surface area contributed by atoms with Crippen molar-refractivity contribution in [1.29, 1.82) is 0 Å². The first-order valence-corrected chi connectivity index (χ1v) is 6.32. The molecule has 2 heterocycles. The number of hydrogen-bond acceptors (Lipinski definition) is 3. The largest absolute Gasteiger partial charge is 0.357 e. The summed E-state index contributed by atoms with van der Waals surface area (Å²) in [6.45, 7) is 2.86. The van der Waals surface area contributed by atoms with Crippen LogP contribution < -0.4 is 5.32 Å². The highest BCUT2D eigenvalue weighted by Crippen LogP contribution is 2.49. The quantitative estimate of drug-likeness (QED) is 0.652. The number of rotatable bonds is 0. The Morgan fingerprint density at radius 3 is 2.81 bits per heavy atom. The van der Waals surface area contributed by atoms with Crippen molar-refractivity contribution < 1.29 is 9.53 Å². The second-order valence-corrected chi connectivity index (χ2v) is 5.54. The van der Waals surface area contributed by atoms with Gasteiger partial charge in [-0.3, -0.25) is 4.79 Å². The van der Waals surface area contributed by atoms with Crippen LogP contribution in [0.15, 0.2) is 0 Å². The van der Waals surface area contributed by atoms with Crippen LogP contribution in [0.25, 0.3) is 0 Å². The fourth-order valence-corrected chi connectivity index (χ4v) is 3.13. The third-order valence-corrected chi connectivity index (χ3v) is 4.12. The number of amides is 1. The third-order valence-electron chi connectivity index (χ3n) is 4.12. The van der Waals surface area contributed by atoms with E-state index in [0.717, 1.165) is 51.7 Å². The molecule has 0 aromatic rings. The highest BCUT2D eigenvalue weighted by Gasteiger charge is 2.60. The molecule has 0 aromatic heterocycles. The first-order chi connectivity index (χ1) is 7.66. The summed E-state index contributed by atoms with van der Waals surface area (Å²) >= 11 is 0. The van der Waals surface area contributed by atoms with E-state index in [9.17, 15) is 4.79 Å². The summed E-state index contributed by atoms with van der Waals surface area (Å²) in [5.41, 5.74) is -0.486. The molecule has 2 spiro atoms. The second kappa shape index (κ2) is 3.44. The van der Waals surface area contributed by atoms with Gasteiger partial charge in [0.05, 0.1) is 5.60 Å². The molecule has 1 saturated carbocycles. The van der Waals surface area contributed by atoms with Gasteiger partial charge in [-0.15, -0.1) is 0 Å². The van der Waals surface area contributed by atoms with Crippen molar-refractivity contribution in [2.24, 2.45) is 0 Å². The normalized spacial score (nSPS) is 37.8. The number of hydrogen-bond donors (Lipinski definition) is 1. The Hall–Kier alpha value is -0.610. The maximum absolute atomic E-state index is 12.0. The molecule has 3 rings (SSSR count). The average Bonchev–Trinajstić information content (AvgIpc) is 3.03. The van der Waals surface area contributed by atoms with Crippen molar-refractivity contribution in [3.8, 4) is 0 Å². The summed E-state index contributed by atoms with van der Waals surface area (Å²) in [4.78, 5) is 13.9. The lowest BCUT2D eigenvalue weighted by molar-refractivity contribution is -0.190. The average molecular weight is 224 g/mol. The highest BCUT2D eigenvalue weighted by atomic mass is 16.5. The minimum absolute atomic E-state index is 0.0668. The molecule has 2 saturated heterocycles. The molecule has 2 aliphatic heterocycles. The van der Waals surface area contributed by atoms with Gasteiger partial charge in [0.2, 0.25) is 0 Å². The van der Waals surface area contributed by atoms with E-state index in [4.69, 9.17) is 4.74 Å². The SMILES string of the molecule is CN1CC2(CCCNCC2)OC2(CC2)C1=O. The van der Waals surface area contributed by atoms with Gasteiger partial charge >= 0.3 is 0 Å². The molecule has 1 aliphatic carbocycles. The fourth-order valence-electron chi connectivity index (χ4n) is 3.13. The maximum atomic E-state index is 12.0. The van der Waals surface area contributed by atoms with Crippen molar-refractivity contribution in [3.63, 3.8) is 0 Å². The van der Waals surface area contributed by atoms with Crippen LogP contribution in [0, 0.1) is 0 Å². The predicted molar refractivity (Wildman–Crippen MR) is 60.1 cm³/mol. The molecule has 16 heavy (non-hydrogen) atoms. The molecule has 1 unspecified atom stereocenters. The van der Waals surface area contributed by atoms with Crippen LogP contribution in [0.1, 0.15) is 32.1 Å². The Bertz CT molecular complexity index is 304. The Morgan fingerprint density at radius 2 is 2.06 bits per heavy atom. The number of nitrogens with zero attached hydrogens (tertiary/aromatic N) is 1. The molecule has 1 amide bonds. The maximum Gasteiger partial charge on any atom is 0.254 e. The molecule has 0 aromatic carbocycles. The van der Waals surface area contributed by atoms with Crippen LogP contribution in [-0.4, -0.2) is 48.7 Å². The van der Waals surface area contributed by atoms with E-state index in [0.29, 0.717) is 0 Å². The van der Waals surface area contributed by atoms with Crippen LogP contribution in [0.2, 0.25) is 0 Å². The molecule has 4 heteroatoms. The van der Waals surface area contributed by atoms with Gasteiger partial charge in [0, 0.05) is 13.6 Å². The van der Waals surface area contributed by atoms with E-state index < -0.39 is 5.60 Å². The first kappa shape index (κ1) is 10.5. The molecule has 3 aliphatic rings. The standard InChI is InChI=1S/C12H20N2O2/c1-14-9-11(3-2-7-13-8-6-11)16-12(4-5-12)10(14)15/h13H,2-9H2,1H3. The number of carbonyl (C=O) groups is 1. The Morgan fingerprint density at radius 1 is 1.25 bits per heavy atom. The summed E-state index contributed by atoms with van der Waals surface area (Å²) in [6.07, 6.45) is 5.11. The molecule has 0 bridgehead atoms. The van der Waals surface area contributed by atoms with Crippen LogP contribution in [0.5, 0.6) is 0 Å². The van der Waals surface area contributed by atoms with E-state index in [-0.39, 0.29) is 11.5 Å². The van der Waals surface area contributed by atoms with E-state index >= 15 is 0 Å². The molecule has 90 valence electrons. The van der Waals surface area contributed by atoms with Crippen molar-refractivity contribution in [2.75, 3.05) is 26.7 Å². The summed E-state index contributed by atoms with van der Waals surface area (Å²) in [6, 6.07) is 0. The molecule has 0 radical (unpaired) electrons. The van der Waals surface area contributed by atoms with E-state index in [1.54, 1.807) is 0 Å². The van der Waals surface area contributed by atoms with Crippen molar-refractivity contribution in [3.05, 3.63) is 0 Å². The molecule has 1 N–H and O–H groups in total. The van der Waals surface area contributed by atoms with E-state index in [1.807, 2.05) is 11.9 Å². The zero-order valence-corrected chi connectivity index (χ0v) is 9.92. The summed E-state index contributed by atoms with van der Waals surface area (Å²) in [7, 11) is 1.92. The number of ether oxygens (including phenoxy) is 1. The summed E-state index contributed by atoms with van der Waals surface area (Å²) in [5.74, 6) is 0.204. The van der Waals surface area contributed by atoms with Crippen LogP contribution >= 0.6 is 0 Å². The highest BCUT2D eigenvalue weighted by molar-refractivity contribution is 5.88. The number of likely N-dealkylation sites (N-methyl/N-ethyl adjacent to an activating group) is 1. The van der Waals surface area contributed by atoms with Crippen LogP contribution in [0.4, 0.5) is 0 Å². The summed E-state index contributed by atoms with van der Waals surface area (Å²) < 4.78 is 6.24. The topological polar surface area (TPSA) is 41.6 Å². The minimum atomic E-state index is -0.419. The Balaban J connectivity index is 1.82. The first-order valence-electron chi connectivity index (χ1n) is 6.32. The summed E-state index contributed by atoms with van der Waals surface area (Å²) in [5, 5.41) is 3.41. The lowest BCUT2D eigenvalue weighted by Gasteiger charge is -2.45. The van der Waals surface area contributed by atoms with E-state index in [2.05, 4.69) is 5.32 Å².